The lowest BCUT2D eigenvalue weighted by atomic mass is 10.4. The topological polar surface area (TPSA) is 207 Å². The lowest BCUT2D eigenvalue weighted by Crippen LogP contribution is -2.19. The normalized spacial score (nSPS) is 9.90. The number of hydrogen-bond acceptors (Lipinski definition) is 17. The van der Waals surface area contributed by atoms with Gasteiger partial charge in [0.15, 0.2) is 10.9 Å². The summed E-state index contributed by atoms with van der Waals surface area (Å²) in [7, 11) is -1.34. The molecule has 0 saturated carbocycles. The highest BCUT2D eigenvalue weighted by molar-refractivity contribution is 7.99. The number of carbonyl (C=O) groups is 2. The zero-order chi connectivity index (χ0) is 30.3. The van der Waals surface area contributed by atoms with E-state index in [1.54, 1.807) is 17.5 Å². The van der Waals surface area contributed by atoms with Crippen molar-refractivity contribution in [1.82, 2.24) is 19.9 Å². The second-order valence-corrected chi connectivity index (χ2v) is 12.2. The van der Waals surface area contributed by atoms with Gasteiger partial charge in [-0.15, -0.1) is 22.7 Å². The summed E-state index contributed by atoms with van der Waals surface area (Å²) in [6.45, 7) is 3.93. The average molecular weight is 629 g/mol. The molecular formula is C22H20N4O10S4. The number of hydrogen-bond donors (Lipinski definition) is 0. The molecule has 0 aliphatic rings. The summed E-state index contributed by atoms with van der Waals surface area (Å²) in [4.78, 5) is 74.5. The minimum Gasteiger partial charge on any atom is -0.468 e. The number of thiophene rings is 2. The summed E-state index contributed by atoms with van der Waals surface area (Å²) in [6, 6.07) is 3.92. The predicted molar refractivity (Wildman–Crippen MR) is 141 cm³/mol. The SMILES string of the molecule is COC(=O)CS(=O)(=O)c1ncc2cc(C)sc2n1.COC(=O)CSc1ncc2cc(C)sc2n1.O=C=O.O=C=O. The van der Waals surface area contributed by atoms with E-state index in [2.05, 4.69) is 35.5 Å². The minimum atomic E-state index is -3.84. The third-order valence-corrected chi connectivity index (χ3v) is 8.23. The molecular weight excluding hydrogens is 609 g/mol. The molecule has 18 heteroatoms. The van der Waals surface area contributed by atoms with Gasteiger partial charge in [-0.3, -0.25) is 9.59 Å². The maximum absolute atomic E-state index is 11.8. The molecule has 4 aromatic heterocycles. The van der Waals surface area contributed by atoms with Crippen molar-refractivity contribution in [3.8, 4) is 0 Å². The Hall–Kier alpha value is -3.92. The van der Waals surface area contributed by atoms with Crippen molar-refractivity contribution in [2.24, 2.45) is 0 Å². The van der Waals surface area contributed by atoms with E-state index >= 15 is 0 Å². The smallest absolute Gasteiger partial charge is 0.373 e. The van der Waals surface area contributed by atoms with Gasteiger partial charge in [0.2, 0.25) is 15.0 Å². The van der Waals surface area contributed by atoms with Crippen molar-refractivity contribution in [3.63, 3.8) is 0 Å². The highest BCUT2D eigenvalue weighted by Crippen LogP contribution is 2.25. The molecule has 0 radical (unpaired) electrons. The van der Waals surface area contributed by atoms with Crippen LogP contribution in [0.4, 0.5) is 0 Å². The van der Waals surface area contributed by atoms with Crippen molar-refractivity contribution in [1.29, 1.82) is 0 Å². The Balaban J connectivity index is 0.000000336. The second kappa shape index (κ2) is 16.9. The van der Waals surface area contributed by atoms with Gasteiger partial charge < -0.3 is 9.47 Å². The van der Waals surface area contributed by atoms with Crippen LogP contribution in [-0.2, 0) is 48.1 Å². The van der Waals surface area contributed by atoms with Gasteiger partial charge in [-0.25, -0.2) is 28.4 Å². The van der Waals surface area contributed by atoms with Crippen LogP contribution in [0.5, 0.6) is 0 Å². The summed E-state index contributed by atoms with van der Waals surface area (Å²) in [5.74, 6) is -1.61. The summed E-state index contributed by atoms with van der Waals surface area (Å²) < 4.78 is 32.5. The first kappa shape index (κ1) is 34.1. The number of thioether (sulfide) groups is 1. The number of fused-ring (bicyclic) bond motifs is 2. The Bertz CT molecular complexity index is 1630. The number of aryl methyl sites for hydroxylation is 2. The highest BCUT2D eigenvalue weighted by atomic mass is 32.2. The van der Waals surface area contributed by atoms with E-state index in [1.807, 2.05) is 19.9 Å². The largest absolute Gasteiger partial charge is 0.468 e. The lowest BCUT2D eigenvalue weighted by molar-refractivity contribution is -0.193. The maximum atomic E-state index is 11.8. The van der Waals surface area contributed by atoms with Crippen molar-refractivity contribution in [2.45, 2.75) is 24.2 Å². The zero-order valence-electron chi connectivity index (χ0n) is 21.2. The van der Waals surface area contributed by atoms with E-state index in [9.17, 15) is 18.0 Å². The molecule has 40 heavy (non-hydrogen) atoms. The number of methoxy groups -OCH3 is 2. The summed E-state index contributed by atoms with van der Waals surface area (Å²) in [6.07, 6.45) is 3.72. The van der Waals surface area contributed by atoms with Crippen LogP contribution in [0.3, 0.4) is 0 Å². The van der Waals surface area contributed by atoms with Crippen molar-refractivity contribution < 1.29 is 46.7 Å². The van der Waals surface area contributed by atoms with E-state index in [1.165, 1.54) is 41.3 Å². The molecule has 4 aromatic rings. The van der Waals surface area contributed by atoms with Gasteiger partial charge in [0, 0.05) is 32.9 Å². The van der Waals surface area contributed by atoms with Crippen LogP contribution in [0.25, 0.3) is 20.4 Å². The number of rotatable bonds is 6. The van der Waals surface area contributed by atoms with E-state index < -0.39 is 21.6 Å². The molecule has 0 fully saturated rings. The molecule has 0 saturated heterocycles. The molecule has 0 atom stereocenters. The first-order valence-electron chi connectivity index (χ1n) is 10.4. The summed E-state index contributed by atoms with van der Waals surface area (Å²) in [5.41, 5.74) is 0. The molecule has 212 valence electrons. The molecule has 0 bridgehead atoms. The van der Waals surface area contributed by atoms with Gasteiger partial charge >= 0.3 is 24.2 Å². The number of aromatic nitrogens is 4. The number of carbonyl (C=O) groups excluding carboxylic acids is 6. The van der Waals surface area contributed by atoms with Crippen LogP contribution in [0, 0.1) is 13.8 Å². The molecule has 0 amide bonds. The van der Waals surface area contributed by atoms with Crippen LogP contribution in [0.2, 0.25) is 0 Å². The Kier molecular flexibility index (Phi) is 14.4. The fraction of sp³-hybridized carbons (Fsp3) is 0.273. The first-order chi connectivity index (χ1) is 18.9. The monoisotopic (exact) mass is 628 g/mol. The fourth-order valence-corrected chi connectivity index (χ4v) is 6.03. The summed E-state index contributed by atoms with van der Waals surface area (Å²) >= 11 is 4.29. The second-order valence-electron chi connectivity index (χ2n) is 6.91. The predicted octanol–water partition coefficient (Wildman–Crippen LogP) is 2.04. The Labute approximate surface area is 239 Å². The molecule has 0 unspecified atom stereocenters. The number of ether oxygens (including phenoxy) is 2. The molecule has 0 aliphatic carbocycles. The van der Waals surface area contributed by atoms with Crippen LogP contribution < -0.4 is 0 Å². The molecule has 0 spiro atoms. The number of nitrogens with zero attached hydrogens (tertiary/aromatic N) is 4. The third kappa shape index (κ3) is 11.1. The Morgan fingerprint density at radius 3 is 1.82 bits per heavy atom. The van der Waals surface area contributed by atoms with Gasteiger partial charge in [-0.1, -0.05) is 11.8 Å². The third-order valence-electron chi connectivity index (χ3n) is 4.11. The number of esters is 2. The molecule has 0 aliphatic heterocycles. The van der Waals surface area contributed by atoms with E-state index in [4.69, 9.17) is 19.2 Å². The van der Waals surface area contributed by atoms with Gasteiger partial charge in [0.05, 0.1) is 20.0 Å². The van der Waals surface area contributed by atoms with E-state index in [-0.39, 0.29) is 29.2 Å². The van der Waals surface area contributed by atoms with Crippen LogP contribution >= 0.6 is 34.4 Å². The van der Waals surface area contributed by atoms with Crippen LogP contribution in [0.15, 0.2) is 34.8 Å². The Morgan fingerprint density at radius 2 is 1.32 bits per heavy atom. The quantitative estimate of drug-likeness (QED) is 0.170. The highest BCUT2D eigenvalue weighted by Gasteiger charge is 2.23. The van der Waals surface area contributed by atoms with Gasteiger partial charge in [-0.05, 0) is 26.0 Å². The first-order valence-corrected chi connectivity index (χ1v) is 14.7. The fourth-order valence-electron chi connectivity index (χ4n) is 2.56. The molecule has 0 aromatic carbocycles. The standard InChI is InChI=1S/C10H10N2O4S2.C10H10N2O2S2.2CO2/c1-6-3-7-4-11-10(12-9(7)17-6)18(14,15)5-8(13)16-2;1-6-3-7-4-11-10(12-9(7)16-6)15-5-8(13)14-2;2*2-1-3/h3-4H,5H2,1-2H3;3-4H,5H2,1-2H3;;. The van der Waals surface area contributed by atoms with Crippen LogP contribution in [-0.4, -0.2) is 78.3 Å². The molecule has 4 rings (SSSR count). The zero-order valence-corrected chi connectivity index (χ0v) is 24.5. The number of sulfone groups is 1. The van der Waals surface area contributed by atoms with E-state index in [0.29, 0.717) is 9.99 Å². The Morgan fingerprint density at radius 1 is 0.850 bits per heavy atom. The lowest BCUT2D eigenvalue weighted by Gasteiger charge is -2.01. The van der Waals surface area contributed by atoms with Gasteiger partial charge in [0.1, 0.15) is 9.66 Å². The van der Waals surface area contributed by atoms with E-state index in [0.717, 1.165) is 27.6 Å². The van der Waals surface area contributed by atoms with Gasteiger partial charge in [-0.2, -0.15) is 19.2 Å². The minimum absolute atomic E-state index is 0.242. The van der Waals surface area contributed by atoms with Crippen LogP contribution in [0.1, 0.15) is 9.75 Å². The average Bonchev–Trinajstić information content (AvgIpc) is 3.47. The molecule has 4 heterocycles. The summed E-state index contributed by atoms with van der Waals surface area (Å²) in [5, 5.41) is 2.10. The van der Waals surface area contributed by atoms with Crippen molar-refractivity contribution in [2.75, 3.05) is 25.7 Å². The van der Waals surface area contributed by atoms with Crippen molar-refractivity contribution in [3.05, 3.63) is 34.3 Å². The molecule has 0 N–H and O–H groups in total. The molecule has 14 nitrogen and oxygen atoms in total. The van der Waals surface area contributed by atoms with Crippen molar-refractivity contribution >= 4 is 88.9 Å². The maximum Gasteiger partial charge on any atom is 0.373 e. The van der Waals surface area contributed by atoms with Gasteiger partial charge in [0.25, 0.3) is 0 Å².